The quantitative estimate of drug-likeness (QED) is 0.810. The molecule has 1 aliphatic carbocycles. The first-order valence-electron chi connectivity index (χ1n) is 5.69. The molecule has 1 saturated carbocycles. The SMILES string of the molecule is CN1C(=O)Cc2cccc(CC3(O)CC3)c21. The molecule has 3 nitrogen and oxygen atoms in total. The highest BCUT2D eigenvalue weighted by Gasteiger charge is 2.41. The van der Waals surface area contributed by atoms with Gasteiger partial charge in [-0.3, -0.25) is 4.79 Å². The number of amides is 1. The smallest absolute Gasteiger partial charge is 0.231 e. The van der Waals surface area contributed by atoms with E-state index in [2.05, 4.69) is 0 Å². The minimum absolute atomic E-state index is 0.144. The highest BCUT2D eigenvalue weighted by atomic mass is 16.3. The van der Waals surface area contributed by atoms with Gasteiger partial charge in [0, 0.05) is 13.5 Å². The van der Waals surface area contributed by atoms with Gasteiger partial charge in [0.1, 0.15) is 0 Å². The predicted octanol–water partition coefficient (Wildman–Crippen LogP) is 1.27. The van der Waals surface area contributed by atoms with Crippen LogP contribution in [-0.4, -0.2) is 23.7 Å². The van der Waals surface area contributed by atoms with Crippen molar-refractivity contribution in [2.75, 3.05) is 11.9 Å². The zero-order valence-corrected chi connectivity index (χ0v) is 9.36. The summed E-state index contributed by atoms with van der Waals surface area (Å²) >= 11 is 0. The van der Waals surface area contributed by atoms with E-state index in [-0.39, 0.29) is 5.91 Å². The third-order valence-corrected chi connectivity index (χ3v) is 3.60. The molecule has 0 unspecified atom stereocenters. The van der Waals surface area contributed by atoms with Crippen molar-refractivity contribution in [1.82, 2.24) is 0 Å². The van der Waals surface area contributed by atoms with E-state index >= 15 is 0 Å². The van der Waals surface area contributed by atoms with Crippen LogP contribution >= 0.6 is 0 Å². The number of carbonyl (C=O) groups is 1. The number of para-hydroxylation sites is 1. The van der Waals surface area contributed by atoms with Crippen LogP contribution < -0.4 is 4.90 Å². The predicted molar refractivity (Wildman–Crippen MR) is 61.4 cm³/mol. The molecule has 1 heterocycles. The molecule has 0 saturated heterocycles. The molecule has 1 N–H and O–H groups in total. The topological polar surface area (TPSA) is 40.5 Å². The second kappa shape index (κ2) is 3.08. The van der Waals surface area contributed by atoms with Crippen molar-refractivity contribution in [3.8, 4) is 0 Å². The summed E-state index contributed by atoms with van der Waals surface area (Å²) in [6.07, 6.45) is 2.94. The molecule has 3 heteroatoms. The van der Waals surface area contributed by atoms with Gasteiger partial charge in [-0.05, 0) is 24.0 Å². The van der Waals surface area contributed by atoms with Crippen LogP contribution in [0.3, 0.4) is 0 Å². The molecule has 1 aliphatic heterocycles. The van der Waals surface area contributed by atoms with Crippen molar-refractivity contribution in [2.24, 2.45) is 0 Å². The van der Waals surface area contributed by atoms with E-state index in [0.29, 0.717) is 12.8 Å². The van der Waals surface area contributed by atoms with Gasteiger partial charge in [-0.15, -0.1) is 0 Å². The van der Waals surface area contributed by atoms with E-state index in [1.54, 1.807) is 4.90 Å². The number of hydrogen-bond acceptors (Lipinski definition) is 2. The summed E-state index contributed by atoms with van der Waals surface area (Å²) in [4.78, 5) is 13.3. The maximum atomic E-state index is 11.6. The third-order valence-electron chi connectivity index (χ3n) is 3.60. The number of benzene rings is 1. The number of carbonyl (C=O) groups excluding carboxylic acids is 1. The van der Waals surface area contributed by atoms with Gasteiger partial charge in [0.25, 0.3) is 0 Å². The maximum absolute atomic E-state index is 11.6. The van der Waals surface area contributed by atoms with Crippen molar-refractivity contribution in [3.05, 3.63) is 29.3 Å². The van der Waals surface area contributed by atoms with Crippen LogP contribution in [0.15, 0.2) is 18.2 Å². The molecule has 0 bridgehead atoms. The standard InChI is InChI=1S/C13H15NO2/c1-14-11(15)7-9-3-2-4-10(12(9)14)8-13(16)5-6-13/h2-4,16H,5-8H2,1H3. The molecule has 0 spiro atoms. The summed E-state index contributed by atoms with van der Waals surface area (Å²) in [5.74, 6) is 0.144. The fourth-order valence-corrected chi connectivity index (χ4v) is 2.44. The Kier molecular flexibility index (Phi) is 1.89. The van der Waals surface area contributed by atoms with Crippen LogP contribution in [0.1, 0.15) is 24.0 Å². The fraction of sp³-hybridized carbons (Fsp3) is 0.462. The Morgan fingerprint density at radius 2 is 2.19 bits per heavy atom. The van der Waals surface area contributed by atoms with Crippen LogP contribution in [0.25, 0.3) is 0 Å². The van der Waals surface area contributed by atoms with Gasteiger partial charge >= 0.3 is 0 Å². The molecular formula is C13H15NO2. The largest absolute Gasteiger partial charge is 0.390 e. The average molecular weight is 217 g/mol. The summed E-state index contributed by atoms with van der Waals surface area (Å²) < 4.78 is 0. The Morgan fingerprint density at radius 3 is 2.88 bits per heavy atom. The molecule has 0 aromatic heterocycles. The Balaban J connectivity index is 2.01. The van der Waals surface area contributed by atoms with Gasteiger partial charge in [0.2, 0.25) is 5.91 Å². The van der Waals surface area contributed by atoms with E-state index in [0.717, 1.165) is 29.7 Å². The Morgan fingerprint density at radius 1 is 1.44 bits per heavy atom. The molecule has 84 valence electrons. The number of anilines is 1. The normalized spacial score (nSPS) is 21.1. The Hall–Kier alpha value is -1.35. The molecular weight excluding hydrogens is 202 g/mol. The monoisotopic (exact) mass is 217 g/mol. The summed E-state index contributed by atoms with van der Waals surface area (Å²) in [6.45, 7) is 0. The van der Waals surface area contributed by atoms with Crippen LogP contribution in [0.4, 0.5) is 5.69 Å². The van der Waals surface area contributed by atoms with Crippen molar-refractivity contribution in [2.45, 2.75) is 31.3 Å². The summed E-state index contributed by atoms with van der Waals surface area (Å²) in [5.41, 5.74) is 2.72. The third kappa shape index (κ3) is 1.43. The van der Waals surface area contributed by atoms with Gasteiger partial charge in [0.15, 0.2) is 0 Å². The Labute approximate surface area is 94.7 Å². The molecule has 0 atom stereocenters. The molecule has 2 aliphatic rings. The highest BCUT2D eigenvalue weighted by Crippen LogP contribution is 2.42. The number of aliphatic hydroxyl groups is 1. The van der Waals surface area contributed by atoms with Crippen molar-refractivity contribution in [3.63, 3.8) is 0 Å². The summed E-state index contributed by atoms with van der Waals surface area (Å²) in [5, 5.41) is 9.96. The molecule has 16 heavy (non-hydrogen) atoms. The number of hydrogen-bond donors (Lipinski definition) is 1. The van der Waals surface area contributed by atoms with Crippen LogP contribution in [0, 0.1) is 0 Å². The zero-order chi connectivity index (χ0) is 11.3. The van der Waals surface area contributed by atoms with Gasteiger partial charge in [-0.1, -0.05) is 18.2 Å². The second-order valence-electron chi connectivity index (χ2n) is 4.96. The van der Waals surface area contributed by atoms with E-state index in [1.807, 2.05) is 25.2 Å². The van der Waals surface area contributed by atoms with Crippen molar-refractivity contribution >= 4 is 11.6 Å². The maximum Gasteiger partial charge on any atom is 0.231 e. The molecule has 1 aromatic carbocycles. The minimum atomic E-state index is -0.498. The van der Waals surface area contributed by atoms with Gasteiger partial charge < -0.3 is 10.0 Å². The first kappa shape index (κ1) is 9.85. The van der Waals surface area contributed by atoms with E-state index < -0.39 is 5.60 Å². The number of nitrogens with zero attached hydrogens (tertiary/aromatic N) is 1. The average Bonchev–Trinajstić information content (AvgIpc) is 2.87. The minimum Gasteiger partial charge on any atom is -0.390 e. The van der Waals surface area contributed by atoms with Gasteiger partial charge in [-0.2, -0.15) is 0 Å². The van der Waals surface area contributed by atoms with Gasteiger partial charge in [-0.25, -0.2) is 0 Å². The molecule has 3 rings (SSSR count). The lowest BCUT2D eigenvalue weighted by molar-refractivity contribution is -0.117. The first-order chi connectivity index (χ1) is 7.59. The van der Waals surface area contributed by atoms with Crippen LogP contribution in [0.5, 0.6) is 0 Å². The lowest BCUT2D eigenvalue weighted by Crippen LogP contribution is -2.22. The first-order valence-corrected chi connectivity index (χ1v) is 5.69. The molecule has 1 amide bonds. The fourth-order valence-electron chi connectivity index (χ4n) is 2.44. The molecule has 1 aromatic rings. The van der Waals surface area contributed by atoms with E-state index in [9.17, 15) is 9.90 Å². The van der Waals surface area contributed by atoms with Crippen molar-refractivity contribution < 1.29 is 9.90 Å². The van der Waals surface area contributed by atoms with E-state index in [4.69, 9.17) is 0 Å². The Bertz CT molecular complexity index is 463. The number of likely N-dealkylation sites (N-methyl/N-ethyl adjacent to an activating group) is 1. The van der Waals surface area contributed by atoms with Crippen LogP contribution in [0.2, 0.25) is 0 Å². The lowest BCUT2D eigenvalue weighted by Gasteiger charge is -2.17. The lowest BCUT2D eigenvalue weighted by atomic mass is 10.0. The van der Waals surface area contributed by atoms with Crippen LogP contribution in [-0.2, 0) is 17.6 Å². The number of fused-ring (bicyclic) bond motifs is 1. The summed E-state index contributed by atoms with van der Waals surface area (Å²) in [6, 6.07) is 5.99. The van der Waals surface area contributed by atoms with Gasteiger partial charge in [0.05, 0.1) is 17.7 Å². The molecule has 1 fully saturated rings. The number of rotatable bonds is 2. The highest BCUT2D eigenvalue weighted by molar-refractivity contribution is 6.01. The summed E-state index contributed by atoms with van der Waals surface area (Å²) in [7, 11) is 1.81. The van der Waals surface area contributed by atoms with E-state index in [1.165, 1.54) is 0 Å². The zero-order valence-electron chi connectivity index (χ0n) is 9.36. The molecule has 0 radical (unpaired) electrons. The van der Waals surface area contributed by atoms with Crippen molar-refractivity contribution in [1.29, 1.82) is 0 Å². The second-order valence-corrected chi connectivity index (χ2v) is 4.96.